The third-order valence-electron chi connectivity index (χ3n) is 4.57. The van der Waals surface area contributed by atoms with E-state index in [4.69, 9.17) is 11.6 Å². The minimum Gasteiger partial charge on any atom is -0.337 e. The summed E-state index contributed by atoms with van der Waals surface area (Å²) in [5, 5.41) is 2.45. The Morgan fingerprint density at radius 1 is 1.07 bits per heavy atom. The molecule has 3 rings (SSSR count). The maximum atomic E-state index is 12.9. The van der Waals surface area contributed by atoms with E-state index in [1.54, 1.807) is 60.5 Å². The molecule has 0 aliphatic rings. The topological polar surface area (TPSA) is 57.7 Å². The summed E-state index contributed by atoms with van der Waals surface area (Å²) in [7, 11) is -0.485. The number of hydrogen-bond donors (Lipinski definition) is 0. The van der Waals surface area contributed by atoms with Crippen LogP contribution in [0.5, 0.6) is 0 Å². The summed E-state index contributed by atoms with van der Waals surface area (Å²) in [6.45, 7) is 2.32. The second-order valence-electron chi connectivity index (χ2n) is 6.67. The summed E-state index contributed by atoms with van der Waals surface area (Å²) < 4.78 is 27.0. The molecule has 1 amide bonds. The number of rotatable bonds is 6. The molecule has 5 nitrogen and oxygen atoms in total. The van der Waals surface area contributed by atoms with E-state index in [1.807, 2.05) is 17.5 Å². The van der Waals surface area contributed by atoms with Crippen LogP contribution in [0, 0.1) is 6.92 Å². The predicted octanol–water partition coefficient (Wildman–Crippen LogP) is 4.81. The summed E-state index contributed by atoms with van der Waals surface area (Å²) in [6, 6.07) is 15.0. The Bertz CT molecular complexity index is 1110. The van der Waals surface area contributed by atoms with Crippen LogP contribution in [0.4, 0.5) is 5.69 Å². The largest absolute Gasteiger partial charge is 0.337 e. The van der Waals surface area contributed by atoms with Gasteiger partial charge in [-0.25, -0.2) is 8.42 Å². The lowest BCUT2D eigenvalue weighted by atomic mass is 10.1. The van der Waals surface area contributed by atoms with Gasteiger partial charge in [-0.2, -0.15) is 0 Å². The van der Waals surface area contributed by atoms with E-state index in [9.17, 15) is 13.2 Å². The summed E-state index contributed by atoms with van der Waals surface area (Å²) >= 11 is 7.46. The van der Waals surface area contributed by atoms with Gasteiger partial charge in [-0.1, -0.05) is 17.7 Å². The number of nitrogens with zero attached hydrogens (tertiary/aromatic N) is 2. The van der Waals surface area contributed by atoms with Crippen molar-refractivity contribution in [2.45, 2.75) is 18.4 Å². The zero-order chi connectivity index (χ0) is 21.2. The Labute approximate surface area is 180 Å². The summed E-state index contributed by atoms with van der Waals surface area (Å²) in [5.74, 6) is -0.115. The molecular weight excluding hydrogens is 428 g/mol. The first-order valence-electron chi connectivity index (χ1n) is 8.83. The smallest absolute Gasteiger partial charge is 0.264 e. The molecule has 0 bridgehead atoms. The van der Waals surface area contributed by atoms with Crippen molar-refractivity contribution in [1.29, 1.82) is 0 Å². The molecular formula is C21H21ClN2O3S2. The molecule has 1 aromatic heterocycles. The van der Waals surface area contributed by atoms with E-state index in [0.717, 1.165) is 4.88 Å². The van der Waals surface area contributed by atoms with Gasteiger partial charge in [0.25, 0.3) is 15.9 Å². The van der Waals surface area contributed by atoms with Crippen LogP contribution in [-0.4, -0.2) is 33.3 Å². The highest BCUT2D eigenvalue weighted by molar-refractivity contribution is 7.92. The number of carbonyl (C=O) groups is 1. The van der Waals surface area contributed by atoms with Crippen molar-refractivity contribution in [2.75, 3.05) is 18.4 Å². The van der Waals surface area contributed by atoms with Gasteiger partial charge in [-0.3, -0.25) is 9.10 Å². The van der Waals surface area contributed by atoms with Crippen molar-refractivity contribution in [3.63, 3.8) is 0 Å². The average Bonchev–Trinajstić information content (AvgIpc) is 3.20. The van der Waals surface area contributed by atoms with E-state index in [2.05, 4.69) is 0 Å². The van der Waals surface area contributed by atoms with Crippen molar-refractivity contribution in [3.8, 4) is 0 Å². The fourth-order valence-electron chi connectivity index (χ4n) is 2.96. The number of halogens is 1. The molecule has 29 heavy (non-hydrogen) atoms. The summed E-state index contributed by atoms with van der Waals surface area (Å²) in [5.41, 5.74) is 1.72. The fraction of sp³-hybridized carbons (Fsp3) is 0.190. The molecule has 0 saturated heterocycles. The first kappa shape index (κ1) is 21.4. The summed E-state index contributed by atoms with van der Waals surface area (Å²) in [4.78, 5) is 15.6. The van der Waals surface area contributed by atoms with Crippen LogP contribution in [0.25, 0.3) is 0 Å². The molecule has 0 atom stereocenters. The van der Waals surface area contributed by atoms with E-state index >= 15 is 0 Å². The van der Waals surface area contributed by atoms with E-state index in [0.29, 0.717) is 28.4 Å². The van der Waals surface area contributed by atoms with Gasteiger partial charge in [0.05, 0.1) is 17.1 Å². The van der Waals surface area contributed by atoms with Gasteiger partial charge in [-0.15, -0.1) is 11.3 Å². The Kier molecular flexibility index (Phi) is 6.31. The fourth-order valence-corrected chi connectivity index (χ4v) is 5.11. The van der Waals surface area contributed by atoms with E-state index < -0.39 is 10.0 Å². The number of carbonyl (C=O) groups excluding carboxylic acids is 1. The summed E-state index contributed by atoms with van der Waals surface area (Å²) in [6.07, 6.45) is 0. The molecule has 0 unspecified atom stereocenters. The molecule has 0 N–H and O–H groups in total. The molecule has 152 valence electrons. The monoisotopic (exact) mass is 448 g/mol. The van der Waals surface area contributed by atoms with Gasteiger partial charge < -0.3 is 4.90 Å². The van der Waals surface area contributed by atoms with Crippen LogP contribution >= 0.6 is 22.9 Å². The van der Waals surface area contributed by atoms with Crippen molar-refractivity contribution >= 4 is 44.6 Å². The van der Waals surface area contributed by atoms with Crippen molar-refractivity contribution in [2.24, 2.45) is 0 Å². The van der Waals surface area contributed by atoms with Crippen LogP contribution in [0.3, 0.4) is 0 Å². The molecule has 8 heteroatoms. The van der Waals surface area contributed by atoms with Crippen molar-refractivity contribution < 1.29 is 13.2 Å². The van der Waals surface area contributed by atoms with Gasteiger partial charge in [0.2, 0.25) is 0 Å². The Morgan fingerprint density at radius 3 is 2.34 bits per heavy atom. The van der Waals surface area contributed by atoms with Crippen LogP contribution in [0.2, 0.25) is 5.02 Å². The molecule has 2 aromatic carbocycles. The van der Waals surface area contributed by atoms with Crippen molar-refractivity contribution in [3.05, 3.63) is 81.0 Å². The lowest BCUT2D eigenvalue weighted by molar-refractivity contribution is 0.0786. The van der Waals surface area contributed by atoms with E-state index in [1.165, 1.54) is 23.5 Å². The Morgan fingerprint density at radius 2 is 1.76 bits per heavy atom. The maximum absolute atomic E-state index is 12.9. The van der Waals surface area contributed by atoms with Crippen LogP contribution in [0.15, 0.2) is 64.9 Å². The van der Waals surface area contributed by atoms with E-state index in [-0.39, 0.29) is 10.8 Å². The van der Waals surface area contributed by atoms with Crippen LogP contribution < -0.4 is 4.31 Å². The minimum atomic E-state index is -3.73. The number of benzene rings is 2. The Hall–Kier alpha value is -2.35. The van der Waals surface area contributed by atoms with Gasteiger partial charge in [0, 0.05) is 29.6 Å². The molecule has 0 aliphatic heterocycles. The zero-order valence-corrected chi connectivity index (χ0v) is 18.7. The van der Waals surface area contributed by atoms with Gasteiger partial charge in [-0.05, 0) is 66.4 Å². The number of thiophene rings is 1. The average molecular weight is 449 g/mol. The molecule has 3 aromatic rings. The highest BCUT2D eigenvalue weighted by atomic mass is 35.5. The number of sulfonamides is 1. The molecule has 0 radical (unpaired) electrons. The Balaban J connectivity index is 1.83. The van der Waals surface area contributed by atoms with Gasteiger partial charge >= 0.3 is 0 Å². The molecule has 1 heterocycles. The standard InChI is InChI=1S/C21H21ClN2O3S2/c1-15-13-16(21(25)23(2)14-18-5-4-12-28-18)6-11-20(15)24(3)29(26,27)19-9-7-17(22)8-10-19/h4-13H,14H2,1-3H3. The lowest BCUT2D eigenvalue weighted by Gasteiger charge is -2.23. The third kappa shape index (κ3) is 4.63. The van der Waals surface area contributed by atoms with Crippen LogP contribution in [-0.2, 0) is 16.6 Å². The quantitative estimate of drug-likeness (QED) is 0.543. The number of anilines is 1. The maximum Gasteiger partial charge on any atom is 0.264 e. The second-order valence-corrected chi connectivity index (χ2v) is 10.1. The second kappa shape index (κ2) is 8.57. The van der Waals surface area contributed by atoms with Crippen LogP contribution in [0.1, 0.15) is 20.8 Å². The van der Waals surface area contributed by atoms with Gasteiger partial charge in [0.15, 0.2) is 0 Å². The molecule has 0 aliphatic carbocycles. The predicted molar refractivity (Wildman–Crippen MR) is 118 cm³/mol. The van der Waals surface area contributed by atoms with Gasteiger partial charge in [0.1, 0.15) is 0 Å². The first-order chi connectivity index (χ1) is 13.7. The van der Waals surface area contributed by atoms with Crippen molar-refractivity contribution in [1.82, 2.24) is 4.90 Å². The highest BCUT2D eigenvalue weighted by Crippen LogP contribution is 2.27. The first-order valence-corrected chi connectivity index (χ1v) is 11.5. The zero-order valence-electron chi connectivity index (χ0n) is 16.3. The number of aryl methyl sites for hydroxylation is 1. The lowest BCUT2D eigenvalue weighted by Crippen LogP contribution is -2.28. The highest BCUT2D eigenvalue weighted by Gasteiger charge is 2.23. The minimum absolute atomic E-state index is 0.115. The molecule has 0 spiro atoms. The number of hydrogen-bond acceptors (Lipinski definition) is 4. The molecule has 0 fully saturated rings. The molecule has 0 saturated carbocycles. The number of amides is 1. The SMILES string of the molecule is Cc1cc(C(=O)N(C)Cc2cccs2)ccc1N(C)S(=O)(=O)c1ccc(Cl)cc1. The normalized spacial score (nSPS) is 11.3. The third-order valence-corrected chi connectivity index (χ3v) is 7.47.